The van der Waals surface area contributed by atoms with E-state index in [0.717, 1.165) is 18.2 Å². The molecule has 0 saturated heterocycles. The van der Waals surface area contributed by atoms with Crippen molar-refractivity contribution in [3.8, 4) is 17.7 Å². The molecule has 5 nitrogen and oxygen atoms in total. The molecule has 0 fully saturated rings. The average molecular weight is 362 g/mol. The van der Waals surface area contributed by atoms with Gasteiger partial charge in [0.05, 0.1) is 14.6 Å². The molecule has 0 N–H and O–H groups in total. The molecule has 25 heavy (non-hydrogen) atoms. The highest BCUT2D eigenvalue weighted by atomic mass is 32.2. The molecule has 3 rings (SSSR count). The quantitative estimate of drug-likeness (QED) is 0.778. The first-order chi connectivity index (χ1) is 11.8. The van der Waals surface area contributed by atoms with Gasteiger partial charge in [0.25, 0.3) is 0 Å². The lowest BCUT2D eigenvalue weighted by atomic mass is 10.1. The highest BCUT2D eigenvalue weighted by molar-refractivity contribution is 7.93. The van der Waals surface area contributed by atoms with E-state index < -0.39 is 21.4 Å². The van der Waals surface area contributed by atoms with Gasteiger partial charge in [0.15, 0.2) is 5.78 Å². The Hall–Kier alpha value is -2.79. The van der Waals surface area contributed by atoms with Crippen LogP contribution in [0.3, 0.4) is 0 Å². The molecule has 2 aromatic carbocycles. The highest BCUT2D eigenvalue weighted by Crippen LogP contribution is 2.38. The van der Waals surface area contributed by atoms with Crippen LogP contribution in [-0.4, -0.2) is 16.2 Å². The van der Waals surface area contributed by atoms with Crippen molar-refractivity contribution in [3.63, 3.8) is 0 Å². The van der Waals surface area contributed by atoms with Crippen LogP contribution < -0.4 is 4.74 Å². The zero-order valence-corrected chi connectivity index (χ0v) is 13.9. The van der Waals surface area contributed by atoms with E-state index in [1.165, 1.54) is 24.6 Å². The Morgan fingerprint density at radius 1 is 1.20 bits per heavy atom. The number of hydrogen-bond acceptors (Lipinski definition) is 5. The second-order valence-electron chi connectivity index (χ2n) is 5.54. The van der Waals surface area contributed by atoms with Crippen molar-refractivity contribution >= 4 is 15.5 Å². The molecular formula is C17H12F2N2O3S. The molecule has 0 saturated carbocycles. The summed E-state index contributed by atoms with van der Waals surface area (Å²) in [5.74, 6) is -1.61. The van der Waals surface area contributed by atoms with Gasteiger partial charge in [-0.25, -0.2) is 13.0 Å². The van der Waals surface area contributed by atoms with Crippen LogP contribution in [0.25, 0.3) is 0 Å². The summed E-state index contributed by atoms with van der Waals surface area (Å²) >= 11 is 0. The van der Waals surface area contributed by atoms with Crippen molar-refractivity contribution in [1.29, 1.82) is 5.26 Å². The number of carbonyl (C=O) groups is 1. The lowest BCUT2D eigenvalue weighted by molar-refractivity contribution is 0.0992. The topological polar surface area (TPSA) is 79.5 Å². The van der Waals surface area contributed by atoms with E-state index >= 15 is 0 Å². The number of halogens is 2. The van der Waals surface area contributed by atoms with E-state index in [1.54, 1.807) is 0 Å². The number of Topliss-reactive ketones (excluding diaryl/α,β-unsaturated/α-hetero) is 1. The molecular weight excluding hydrogens is 350 g/mol. The maximum Gasteiger partial charge on any atom is 0.214 e. The Balaban J connectivity index is 2.13. The fourth-order valence-electron chi connectivity index (χ4n) is 2.78. The Bertz CT molecular complexity index is 1030. The van der Waals surface area contributed by atoms with Gasteiger partial charge < -0.3 is 4.74 Å². The summed E-state index contributed by atoms with van der Waals surface area (Å²) < 4.78 is 48.2. The van der Waals surface area contributed by atoms with Gasteiger partial charge in [-0.3, -0.25) is 4.79 Å². The van der Waals surface area contributed by atoms with E-state index in [4.69, 9.17) is 10.00 Å². The number of ketones is 1. The Morgan fingerprint density at radius 3 is 2.52 bits per heavy atom. The number of benzene rings is 2. The Labute approximate surface area is 143 Å². The number of ether oxygens (including phenoxy) is 1. The third kappa shape index (κ3) is 3.23. The molecule has 8 heteroatoms. The van der Waals surface area contributed by atoms with Crippen LogP contribution in [0, 0.1) is 23.1 Å². The fraction of sp³-hybridized carbons (Fsp3) is 0.176. The summed E-state index contributed by atoms with van der Waals surface area (Å²) in [6.07, 6.45) is 3.32. The molecule has 0 heterocycles. The minimum Gasteiger partial charge on any atom is -0.457 e. The summed E-state index contributed by atoms with van der Waals surface area (Å²) in [5.41, 5.74) is 0.704. The predicted molar refractivity (Wildman–Crippen MR) is 85.9 cm³/mol. The average Bonchev–Trinajstić information content (AvgIpc) is 2.89. The fourth-order valence-corrected chi connectivity index (χ4v) is 3.97. The molecule has 0 aromatic heterocycles. The van der Waals surface area contributed by atoms with Crippen LogP contribution in [0.4, 0.5) is 8.78 Å². The van der Waals surface area contributed by atoms with Gasteiger partial charge in [-0.1, -0.05) is 0 Å². The molecule has 0 bridgehead atoms. The van der Waals surface area contributed by atoms with Crippen molar-refractivity contribution in [3.05, 3.63) is 53.1 Å². The zero-order valence-electron chi connectivity index (χ0n) is 13.1. The molecule has 1 atom stereocenters. The van der Waals surface area contributed by atoms with Gasteiger partial charge in [0, 0.05) is 42.0 Å². The lowest BCUT2D eigenvalue weighted by Gasteiger charge is -2.13. The number of rotatable bonds is 3. The van der Waals surface area contributed by atoms with Crippen molar-refractivity contribution in [2.45, 2.75) is 17.7 Å². The molecule has 0 aliphatic heterocycles. The van der Waals surface area contributed by atoms with E-state index in [9.17, 15) is 17.8 Å². The largest absolute Gasteiger partial charge is 0.457 e. The summed E-state index contributed by atoms with van der Waals surface area (Å²) in [6.45, 7) is 0. The third-order valence-electron chi connectivity index (χ3n) is 3.80. The SMILES string of the molecule is CS(=O)(=NC#N)c1ccc(Oc2cc(F)cc(F)c2)c2c1C(=O)CC2. The van der Waals surface area contributed by atoms with Crippen molar-refractivity contribution in [2.24, 2.45) is 4.36 Å². The second-order valence-corrected chi connectivity index (χ2v) is 7.77. The standard InChI is InChI=1S/C17H12F2N2O3S/c1-25(23,21-9-20)16-5-4-15(13-2-3-14(22)17(13)16)24-12-7-10(18)6-11(19)8-12/h4-8H,2-3H2,1H3. The number of nitriles is 1. The van der Waals surface area contributed by atoms with Crippen LogP contribution in [0.15, 0.2) is 39.6 Å². The smallest absolute Gasteiger partial charge is 0.214 e. The highest BCUT2D eigenvalue weighted by Gasteiger charge is 2.29. The Morgan fingerprint density at radius 2 is 1.88 bits per heavy atom. The van der Waals surface area contributed by atoms with Gasteiger partial charge in [-0.2, -0.15) is 5.26 Å². The molecule has 1 unspecified atom stereocenters. The maximum absolute atomic E-state index is 13.3. The van der Waals surface area contributed by atoms with Crippen LogP contribution >= 0.6 is 0 Å². The molecule has 0 amide bonds. The zero-order chi connectivity index (χ0) is 18.2. The summed E-state index contributed by atoms with van der Waals surface area (Å²) in [4.78, 5) is 12.4. The summed E-state index contributed by atoms with van der Waals surface area (Å²) in [7, 11) is -3.05. The van der Waals surface area contributed by atoms with Crippen molar-refractivity contribution < 1.29 is 22.5 Å². The van der Waals surface area contributed by atoms with E-state index in [1.807, 2.05) is 0 Å². The summed E-state index contributed by atoms with van der Waals surface area (Å²) in [6, 6.07) is 5.63. The third-order valence-corrected chi connectivity index (χ3v) is 5.39. The molecule has 1 aliphatic rings. The number of carbonyl (C=O) groups excluding carboxylic acids is 1. The van der Waals surface area contributed by atoms with Gasteiger partial charge in [-0.15, -0.1) is 4.36 Å². The van der Waals surface area contributed by atoms with E-state index in [0.29, 0.717) is 12.0 Å². The second kappa shape index (κ2) is 6.26. The predicted octanol–water partition coefficient (Wildman–Crippen LogP) is 3.82. The molecule has 1 aliphatic carbocycles. The molecule has 128 valence electrons. The monoisotopic (exact) mass is 362 g/mol. The van der Waals surface area contributed by atoms with Crippen LogP contribution in [0.1, 0.15) is 22.3 Å². The Kier molecular flexibility index (Phi) is 4.27. The minimum atomic E-state index is -3.05. The van der Waals surface area contributed by atoms with Gasteiger partial charge in [0.2, 0.25) is 6.19 Å². The number of hydrogen-bond donors (Lipinski definition) is 0. The van der Waals surface area contributed by atoms with Gasteiger partial charge >= 0.3 is 0 Å². The first kappa shape index (κ1) is 17.0. The lowest BCUT2D eigenvalue weighted by Crippen LogP contribution is -2.06. The maximum atomic E-state index is 13.3. The van der Waals surface area contributed by atoms with Gasteiger partial charge in [0.1, 0.15) is 23.1 Å². The summed E-state index contributed by atoms with van der Waals surface area (Å²) in [5, 5.41) is 8.70. The number of fused-ring (bicyclic) bond motifs is 1. The van der Waals surface area contributed by atoms with E-state index in [-0.39, 0.29) is 34.2 Å². The van der Waals surface area contributed by atoms with Crippen LogP contribution in [-0.2, 0) is 16.1 Å². The molecule has 0 spiro atoms. The number of nitrogens with zero attached hydrogens (tertiary/aromatic N) is 2. The first-order valence-corrected chi connectivity index (χ1v) is 9.17. The van der Waals surface area contributed by atoms with Crippen LogP contribution in [0.2, 0.25) is 0 Å². The van der Waals surface area contributed by atoms with Crippen molar-refractivity contribution in [2.75, 3.05) is 6.26 Å². The normalized spacial score (nSPS) is 15.2. The van der Waals surface area contributed by atoms with E-state index in [2.05, 4.69) is 4.36 Å². The van der Waals surface area contributed by atoms with Crippen molar-refractivity contribution in [1.82, 2.24) is 0 Å². The van der Waals surface area contributed by atoms with Gasteiger partial charge in [-0.05, 0) is 18.6 Å². The molecule has 0 radical (unpaired) electrons. The first-order valence-electron chi connectivity index (χ1n) is 7.25. The minimum absolute atomic E-state index is 0.0502. The molecule has 2 aromatic rings. The van der Waals surface area contributed by atoms with Crippen LogP contribution in [0.5, 0.6) is 11.5 Å².